The molecule has 2 amide bonds. The lowest BCUT2D eigenvalue weighted by Crippen LogP contribution is -2.40. The standard InChI is InChI=1S/C17H24N2O3/c1-11-14-8-9-19(16(21)22-17(3,4)5)10-13(14)6-7-15(11)18-12(2)20/h6-7H,8-10H2,1-5H3,(H,18,20). The summed E-state index contributed by atoms with van der Waals surface area (Å²) in [5.41, 5.74) is 3.77. The molecular formula is C17H24N2O3. The summed E-state index contributed by atoms with van der Waals surface area (Å²) in [4.78, 5) is 25.1. The minimum absolute atomic E-state index is 0.0748. The summed E-state index contributed by atoms with van der Waals surface area (Å²) in [5, 5.41) is 2.84. The van der Waals surface area contributed by atoms with Crippen molar-refractivity contribution < 1.29 is 14.3 Å². The maximum Gasteiger partial charge on any atom is 0.410 e. The third-order valence-electron chi connectivity index (χ3n) is 3.65. The molecule has 0 unspecified atom stereocenters. The fourth-order valence-corrected chi connectivity index (χ4v) is 2.65. The van der Waals surface area contributed by atoms with Crippen LogP contribution in [0, 0.1) is 6.92 Å². The summed E-state index contributed by atoms with van der Waals surface area (Å²) in [6, 6.07) is 3.87. The molecule has 5 heteroatoms. The van der Waals surface area contributed by atoms with Crippen molar-refractivity contribution >= 4 is 17.7 Å². The lowest BCUT2D eigenvalue weighted by molar-refractivity contribution is -0.114. The number of hydrogen-bond donors (Lipinski definition) is 1. The highest BCUT2D eigenvalue weighted by Gasteiger charge is 2.26. The predicted octanol–water partition coefficient (Wildman–Crippen LogP) is 3.25. The Bertz CT molecular complexity index is 603. The van der Waals surface area contributed by atoms with Crippen LogP contribution in [0.3, 0.4) is 0 Å². The first-order chi connectivity index (χ1) is 10.2. The largest absolute Gasteiger partial charge is 0.444 e. The fourth-order valence-electron chi connectivity index (χ4n) is 2.65. The zero-order chi connectivity index (χ0) is 16.5. The van der Waals surface area contributed by atoms with Gasteiger partial charge in [-0.2, -0.15) is 0 Å². The van der Waals surface area contributed by atoms with Gasteiger partial charge in [0, 0.05) is 25.7 Å². The summed E-state index contributed by atoms with van der Waals surface area (Å²) in [5.74, 6) is -0.0748. The van der Waals surface area contributed by atoms with E-state index >= 15 is 0 Å². The first kappa shape index (κ1) is 16.3. The van der Waals surface area contributed by atoms with E-state index in [-0.39, 0.29) is 12.0 Å². The number of benzene rings is 1. The first-order valence-electron chi connectivity index (χ1n) is 7.54. The van der Waals surface area contributed by atoms with Crippen molar-refractivity contribution in [3.63, 3.8) is 0 Å². The number of rotatable bonds is 1. The molecule has 0 saturated carbocycles. The van der Waals surface area contributed by atoms with Crippen molar-refractivity contribution in [3.05, 3.63) is 28.8 Å². The van der Waals surface area contributed by atoms with Gasteiger partial charge in [0.05, 0.1) is 0 Å². The number of hydrogen-bond acceptors (Lipinski definition) is 3. The molecule has 0 spiro atoms. The summed E-state index contributed by atoms with van der Waals surface area (Å²) in [6.07, 6.45) is 0.495. The van der Waals surface area contributed by atoms with Gasteiger partial charge >= 0.3 is 6.09 Å². The molecule has 1 N–H and O–H groups in total. The SMILES string of the molecule is CC(=O)Nc1ccc2c(c1C)CCN(C(=O)OC(C)(C)C)C2. The molecule has 1 aliphatic rings. The third-order valence-corrected chi connectivity index (χ3v) is 3.65. The van der Waals surface area contributed by atoms with Gasteiger partial charge in [0.25, 0.3) is 0 Å². The molecule has 0 bridgehead atoms. The third kappa shape index (κ3) is 3.78. The molecule has 1 heterocycles. The molecule has 120 valence electrons. The molecule has 1 aromatic carbocycles. The maximum atomic E-state index is 12.2. The number of carbonyl (C=O) groups is 2. The highest BCUT2D eigenvalue weighted by Crippen LogP contribution is 2.28. The van der Waals surface area contributed by atoms with E-state index in [0.717, 1.165) is 23.2 Å². The Labute approximate surface area is 131 Å². The number of anilines is 1. The van der Waals surface area contributed by atoms with E-state index in [1.54, 1.807) is 4.90 Å². The quantitative estimate of drug-likeness (QED) is 0.866. The second-order valence-corrected chi connectivity index (χ2v) is 6.71. The fraction of sp³-hybridized carbons (Fsp3) is 0.529. The van der Waals surface area contributed by atoms with E-state index in [2.05, 4.69) is 5.32 Å². The van der Waals surface area contributed by atoms with Gasteiger partial charge in [-0.25, -0.2) is 4.79 Å². The van der Waals surface area contributed by atoms with Crippen molar-refractivity contribution in [1.29, 1.82) is 0 Å². The van der Waals surface area contributed by atoms with Crippen LogP contribution in [0.15, 0.2) is 12.1 Å². The predicted molar refractivity (Wildman–Crippen MR) is 85.8 cm³/mol. The summed E-state index contributed by atoms with van der Waals surface area (Å²) < 4.78 is 5.43. The molecule has 22 heavy (non-hydrogen) atoms. The van der Waals surface area contributed by atoms with E-state index in [4.69, 9.17) is 4.74 Å². The maximum absolute atomic E-state index is 12.2. The van der Waals surface area contributed by atoms with E-state index in [0.29, 0.717) is 13.1 Å². The molecule has 1 aliphatic heterocycles. The Morgan fingerprint density at radius 2 is 1.95 bits per heavy atom. The molecule has 0 fully saturated rings. The van der Waals surface area contributed by atoms with E-state index in [9.17, 15) is 9.59 Å². The van der Waals surface area contributed by atoms with Gasteiger partial charge in [-0.15, -0.1) is 0 Å². The molecule has 2 rings (SSSR count). The minimum atomic E-state index is -0.484. The van der Waals surface area contributed by atoms with E-state index in [1.165, 1.54) is 12.5 Å². The first-order valence-corrected chi connectivity index (χ1v) is 7.54. The summed E-state index contributed by atoms with van der Waals surface area (Å²) in [7, 11) is 0. The zero-order valence-corrected chi connectivity index (χ0v) is 13.9. The molecule has 0 atom stereocenters. The van der Waals surface area contributed by atoms with Crippen molar-refractivity contribution in [2.45, 2.75) is 53.2 Å². The van der Waals surface area contributed by atoms with Crippen LogP contribution in [0.5, 0.6) is 0 Å². The monoisotopic (exact) mass is 304 g/mol. The molecule has 0 aliphatic carbocycles. The number of nitrogens with one attached hydrogen (secondary N) is 1. The van der Waals surface area contributed by atoms with Crippen LogP contribution in [0.25, 0.3) is 0 Å². The van der Waals surface area contributed by atoms with Crippen LogP contribution in [0.4, 0.5) is 10.5 Å². The van der Waals surface area contributed by atoms with Crippen LogP contribution in [0.1, 0.15) is 44.4 Å². The zero-order valence-electron chi connectivity index (χ0n) is 13.9. The normalized spacial score (nSPS) is 14.3. The minimum Gasteiger partial charge on any atom is -0.444 e. The van der Waals surface area contributed by atoms with Crippen molar-refractivity contribution in [3.8, 4) is 0 Å². The number of fused-ring (bicyclic) bond motifs is 1. The second kappa shape index (κ2) is 5.99. The Hall–Kier alpha value is -2.04. The molecular weight excluding hydrogens is 280 g/mol. The number of ether oxygens (including phenoxy) is 1. The lowest BCUT2D eigenvalue weighted by Gasteiger charge is -2.32. The van der Waals surface area contributed by atoms with Gasteiger partial charge in [0.1, 0.15) is 5.60 Å². The van der Waals surface area contributed by atoms with Gasteiger partial charge in [0.15, 0.2) is 0 Å². The van der Waals surface area contributed by atoms with E-state index in [1.807, 2.05) is 39.8 Å². The Morgan fingerprint density at radius 1 is 1.27 bits per heavy atom. The average molecular weight is 304 g/mol. The molecule has 0 radical (unpaired) electrons. The van der Waals surface area contributed by atoms with E-state index < -0.39 is 5.60 Å². The van der Waals surface area contributed by atoms with Crippen LogP contribution in [0.2, 0.25) is 0 Å². The van der Waals surface area contributed by atoms with Gasteiger partial charge in [-0.3, -0.25) is 4.79 Å². The van der Waals surface area contributed by atoms with Crippen LogP contribution in [-0.2, 0) is 22.5 Å². The van der Waals surface area contributed by atoms with Crippen molar-refractivity contribution in [2.75, 3.05) is 11.9 Å². The van der Waals surface area contributed by atoms with Crippen molar-refractivity contribution in [1.82, 2.24) is 4.90 Å². The Kier molecular flexibility index (Phi) is 4.44. The molecule has 5 nitrogen and oxygen atoms in total. The van der Waals surface area contributed by atoms with Crippen LogP contribution >= 0.6 is 0 Å². The smallest absolute Gasteiger partial charge is 0.410 e. The summed E-state index contributed by atoms with van der Waals surface area (Å²) in [6.45, 7) is 10.3. The Morgan fingerprint density at radius 3 is 2.55 bits per heavy atom. The number of carbonyl (C=O) groups excluding carboxylic acids is 2. The molecule has 0 aromatic heterocycles. The summed E-state index contributed by atoms with van der Waals surface area (Å²) >= 11 is 0. The average Bonchev–Trinajstić information content (AvgIpc) is 2.39. The number of nitrogens with zero attached hydrogens (tertiary/aromatic N) is 1. The highest BCUT2D eigenvalue weighted by atomic mass is 16.6. The van der Waals surface area contributed by atoms with Crippen molar-refractivity contribution in [2.24, 2.45) is 0 Å². The lowest BCUT2D eigenvalue weighted by atomic mass is 9.94. The highest BCUT2D eigenvalue weighted by molar-refractivity contribution is 5.89. The molecule has 1 aromatic rings. The van der Waals surface area contributed by atoms with Crippen LogP contribution < -0.4 is 5.32 Å². The topological polar surface area (TPSA) is 58.6 Å². The second-order valence-electron chi connectivity index (χ2n) is 6.71. The van der Waals surface area contributed by atoms with Gasteiger partial charge in [-0.05, 0) is 56.9 Å². The van der Waals surface area contributed by atoms with Gasteiger partial charge < -0.3 is 15.0 Å². The molecule has 0 saturated heterocycles. The number of amides is 2. The van der Waals surface area contributed by atoms with Gasteiger partial charge in [0.2, 0.25) is 5.91 Å². The Balaban J connectivity index is 2.17. The van der Waals surface area contributed by atoms with Crippen LogP contribution in [-0.4, -0.2) is 29.0 Å². The van der Waals surface area contributed by atoms with Gasteiger partial charge in [-0.1, -0.05) is 6.07 Å².